The van der Waals surface area contributed by atoms with Gasteiger partial charge in [0.1, 0.15) is 5.75 Å². The lowest BCUT2D eigenvalue weighted by atomic mass is 9.91. The van der Waals surface area contributed by atoms with Gasteiger partial charge in [-0.15, -0.1) is 0 Å². The fourth-order valence-corrected chi connectivity index (χ4v) is 3.32. The third kappa shape index (κ3) is 3.72. The van der Waals surface area contributed by atoms with Crippen molar-refractivity contribution in [1.82, 2.24) is 14.9 Å². The van der Waals surface area contributed by atoms with E-state index in [1.54, 1.807) is 26.4 Å². The summed E-state index contributed by atoms with van der Waals surface area (Å²) in [6.45, 7) is 3.32. The van der Waals surface area contributed by atoms with Crippen molar-refractivity contribution in [2.75, 3.05) is 20.2 Å². The van der Waals surface area contributed by atoms with Gasteiger partial charge in [0.15, 0.2) is 0 Å². The monoisotopic (exact) mass is 325 g/mol. The molecule has 1 aromatic heterocycles. The lowest BCUT2D eigenvalue weighted by Gasteiger charge is -2.32. The third-order valence-electron chi connectivity index (χ3n) is 4.56. The summed E-state index contributed by atoms with van der Waals surface area (Å²) in [5.74, 6) is 1.40. The molecule has 1 saturated heterocycles. The maximum absolute atomic E-state index is 11.6. The van der Waals surface area contributed by atoms with Gasteiger partial charge in [-0.05, 0) is 37.3 Å². The minimum absolute atomic E-state index is 0.159. The van der Waals surface area contributed by atoms with E-state index in [1.165, 1.54) is 0 Å². The number of nitrogens with zero attached hydrogens (tertiary/aromatic N) is 3. The summed E-state index contributed by atoms with van der Waals surface area (Å²) in [5, 5.41) is 0. The van der Waals surface area contributed by atoms with Gasteiger partial charge in [0.2, 0.25) is 5.91 Å². The number of ether oxygens (including phenoxy) is 1. The number of piperidine rings is 1. The molecule has 1 aliphatic rings. The standard InChI is InChI=1S/C19H23N3O2/c1-14(23)22-10-4-5-15(13-22)11-18-19(21-9-8-20-18)16-6-3-7-17(12-16)24-2/h3,6-9,12,15H,4-5,10-11,13H2,1-2H3/t15-/m0/s1. The van der Waals surface area contributed by atoms with Crippen molar-refractivity contribution in [1.29, 1.82) is 0 Å². The fraction of sp³-hybridized carbons (Fsp3) is 0.421. The summed E-state index contributed by atoms with van der Waals surface area (Å²) in [6, 6.07) is 7.89. The van der Waals surface area contributed by atoms with E-state index in [9.17, 15) is 4.79 Å². The highest BCUT2D eigenvalue weighted by atomic mass is 16.5. The van der Waals surface area contributed by atoms with Crippen LogP contribution in [-0.2, 0) is 11.2 Å². The average molecular weight is 325 g/mol. The first-order chi connectivity index (χ1) is 11.7. The van der Waals surface area contributed by atoms with Crippen LogP contribution in [0, 0.1) is 5.92 Å². The summed E-state index contributed by atoms with van der Waals surface area (Å²) in [4.78, 5) is 22.7. The fourth-order valence-electron chi connectivity index (χ4n) is 3.32. The van der Waals surface area contributed by atoms with E-state index in [0.29, 0.717) is 5.92 Å². The van der Waals surface area contributed by atoms with Crippen molar-refractivity contribution in [2.45, 2.75) is 26.2 Å². The Labute approximate surface area is 142 Å². The molecule has 5 heteroatoms. The van der Waals surface area contributed by atoms with Crippen LogP contribution < -0.4 is 4.74 Å². The van der Waals surface area contributed by atoms with Gasteiger partial charge in [-0.3, -0.25) is 14.8 Å². The molecule has 24 heavy (non-hydrogen) atoms. The third-order valence-corrected chi connectivity index (χ3v) is 4.56. The Kier molecular flexibility index (Phi) is 5.08. The molecular weight excluding hydrogens is 302 g/mol. The maximum atomic E-state index is 11.6. The second kappa shape index (κ2) is 7.43. The summed E-state index contributed by atoms with van der Waals surface area (Å²) in [5.41, 5.74) is 2.90. The van der Waals surface area contributed by atoms with Gasteiger partial charge in [0, 0.05) is 38.0 Å². The molecule has 1 amide bonds. The van der Waals surface area contributed by atoms with Gasteiger partial charge in [0.25, 0.3) is 0 Å². The Morgan fingerprint density at radius 1 is 1.33 bits per heavy atom. The Bertz CT molecular complexity index is 717. The number of aromatic nitrogens is 2. The van der Waals surface area contributed by atoms with Crippen LogP contribution in [0.25, 0.3) is 11.3 Å². The van der Waals surface area contributed by atoms with Crippen LogP contribution in [0.5, 0.6) is 5.75 Å². The summed E-state index contributed by atoms with van der Waals surface area (Å²) in [6.07, 6.45) is 6.48. The largest absolute Gasteiger partial charge is 0.497 e. The first kappa shape index (κ1) is 16.4. The van der Waals surface area contributed by atoms with Crippen LogP contribution in [0.2, 0.25) is 0 Å². The first-order valence-corrected chi connectivity index (χ1v) is 8.37. The van der Waals surface area contributed by atoms with E-state index >= 15 is 0 Å². The summed E-state index contributed by atoms with van der Waals surface area (Å²) in [7, 11) is 1.66. The number of hydrogen-bond acceptors (Lipinski definition) is 4. The number of likely N-dealkylation sites (tertiary alicyclic amines) is 1. The second-order valence-corrected chi connectivity index (χ2v) is 6.26. The maximum Gasteiger partial charge on any atom is 0.219 e. The number of methoxy groups -OCH3 is 1. The Hall–Kier alpha value is -2.43. The van der Waals surface area contributed by atoms with Crippen molar-refractivity contribution in [3.05, 3.63) is 42.4 Å². The highest BCUT2D eigenvalue weighted by molar-refractivity contribution is 5.73. The van der Waals surface area contributed by atoms with Gasteiger partial charge in [-0.1, -0.05) is 12.1 Å². The normalized spacial score (nSPS) is 17.6. The predicted molar refractivity (Wildman–Crippen MR) is 92.7 cm³/mol. The molecule has 5 nitrogen and oxygen atoms in total. The SMILES string of the molecule is COc1cccc(-c2nccnc2C[C@@H]2CCCN(C(C)=O)C2)c1. The molecule has 2 heterocycles. The molecular formula is C19H23N3O2. The molecule has 0 saturated carbocycles. The quantitative estimate of drug-likeness (QED) is 0.867. The molecule has 1 fully saturated rings. The number of hydrogen-bond donors (Lipinski definition) is 0. The second-order valence-electron chi connectivity index (χ2n) is 6.26. The van der Waals surface area contributed by atoms with E-state index in [2.05, 4.69) is 9.97 Å². The van der Waals surface area contributed by atoms with E-state index in [1.807, 2.05) is 29.2 Å². The topological polar surface area (TPSA) is 55.3 Å². The zero-order valence-corrected chi connectivity index (χ0v) is 14.2. The highest BCUT2D eigenvalue weighted by Gasteiger charge is 2.23. The number of rotatable bonds is 4. The molecule has 0 N–H and O–H groups in total. The van der Waals surface area contributed by atoms with Gasteiger partial charge in [-0.25, -0.2) is 0 Å². The summed E-state index contributed by atoms with van der Waals surface area (Å²) >= 11 is 0. The zero-order valence-electron chi connectivity index (χ0n) is 14.2. The molecule has 1 aromatic carbocycles. The Balaban J connectivity index is 1.83. The molecule has 126 valence electrons. The van der Waals surface area contributed by atoms with Crippen molar-refractivity contribution in [2.24, 2.45) is 5.92 Å². The van der Waals surface area contributed by atoms with E-state index in [-0.39, 0.29) is 5.91 Å². The molecule has 1 atom stereocenters. The Morgan fingerprint density at radius 2 is 2.17 bits per heavy atom. The molecule has 2 aromatic rings. The lowest BCUT2D eigenvalue weighted by molar-refractivity contribution is -0.130. The van der Waals surface area contributed by atoms with Crippen LogP contribution in [0.1, 0.15) is 25.5 Å². The number of benzene rings is 1. The smallest absolute Gasteiger partial charge is 0.219 e. The molecule has 0 aliphatic carbocycles. The van der Waals surface area contributed by atoms with Crippen molar-refractivity contribution >= 4 is 5.91 Å². The first-order valence-electron chi connectivity index (χ1n) is 8.37. The van der Waals surface area contributed by atoms with E-state index in [0.717, 1.165) is 55.1 Å². The van der Waals surface area contributed by atoms with Crippen LogP contribution >= 0.6 is 0 Å². The van der Waals surface area contributed by atoms with E-state index in [4.69, 9.17) is 4.74 Å². The number of carbonyl (C=O) groups excluding carboxylic acids is 1. The summed E-state index contributed by atoms with van der Waals surface area (Å²) < 4.78 is 5.31. The molecule has 0 spiro atoms. The molecule has 0 unspecified atom stereocenters. The van der Waals surface area contributed by atoms with Crippen LogP contribution in [0.15, 0.2) is 36.7 Å². The van der Waals surface area contributed by atoms with E-state index < -0.39 is 0 Å². The van der Waals surface area contributed by atoms with Crippen molar-refractivity contribution in [3.63, 3.8) is 0 Å². The number of carbonyl (C=O) groups is 1. The van der Waals surface area contributed by atoms with Gasteiger partial charge >= 0.3 is 0 Å². The van der Waals surface area contributed by atoms with Gasteiger partial charge in [0.05, 0.1) is 18.5 Å². The van der Waals surface area contributed by atoms with Gasteiger partial charge in [-0.2, -0.15) is 0 Å². The highest BCUT2D eigenvalue weighted by Crippen LogP contribution is 2.27. The average Bonchev–Trinajstić information content (AvgIpc) is 2.62. The predicted octanol–water partition coefficient (Wildman–Crippen LogP) is 2.95. The van der Waals surface area contributed by atoms with Crippen LogP contribution in [-0.4, -0.2) is 41.0 Å². The van der Waals surface area contributed by atoms with Crippen molar-refractivity contribution < 1.29 is 9.53 Å². The van der Waals surface area contributed by atoms with Crippen LogP contribution in [0.3, 0.4) is 0 Å². The molecule has 0 radical (unpaired) electrons. The van der Waals surface area contributed by atoms with Crippen LogP contribution in [0.4, 0.5) is 0 Å². The van der Waals surface area contributed by atoms with Crippen molar-refractivity contribution in [3.8, 4) is 17.0 Å². The molecule has 3 rings (SSSR count). The Morgan fingerprint density at radius 3 is 2.96 bits per heavy atom. The van der Waals surface area contributed by atoms with Gasteiger partial charge < -0.3 is 9.64 Å². The minimum Gasteiger partial charge on any atom is -0.497 e. The molecule has 1 aliphatic heterocycles. The zero-order chi connectivity index (χ0) is 16.9. The lowest BCUT2D eigenvalue weighted by Crippen LogP contribution is -2.39. The number of amides is 1. The minimum atomic E-state index is 0.159. The molecule has 0 bridgehead atoms.